The second-order valence-corrected chi connectivity index (χ2v) is 5.15. The molecule has 0 atom stereocenters. The average Bonchev–Trinajstić information content (AvgIpc) is 2.38. The van der Waals surface area contributed by atoms with Crippen molar-refractivity contribution in [3.63, 3.8) is 0 Å². The molecule has 0 aromatic rings. The first-order valence-electron chi connectivity index (χ1n) is 6.70. The Bertz CT molecular complexity index is 407. The molecule has 0 amide bonds. The first-order valence-corrected chi connectivity index (χ1v) is 6.70. The summed E-state index contributed by atoms with van der Waals surface area (Å²) in [5.74, 6) is -5.65. The van der Waals surface area contributed by atoms with Gasteiger partial charge in [0.05, 0.1) is 18.8 Å². The van der Waals surface area contributed by atoms with Gasteiger partial charge >= 0.3 is 23.9 Å². The quantitative estimate of drug-likeness (QED) is 0.464. The lowest BCUT2D eigenvalue weighted by Crippen LogP contribution is -2.42. The molecule has 1 rings (SSSR count). The number of aliphatic carboxylic acids is 4. The number of hydrogen-bond acceptors (Lipinski definition) is 5. The summed E-state index contributed by atoms with van der Waals surface area (Å²) in [7, 11) is 0. The highest BCUT2D eigenvalue weighted by Gasteiger charge is 2.40. The fraction of sp³-hybridized carbons (Fsp3) is 0.692. The Balaban J connectivity index is 0.000000425. The molecule has 0 spiro atoms. The average molecular weight is 320 g/mol. The molecular formula is C13H20O9. The maximum atomic E-state index is 10.4. The van der Waals surface area contributed by atoms with Crippen LogP contribution in [0.25, 0.3) is 0 Å². The third-order valence-corrected chi connectivity index (χ3v) is 3.24. The smallest absolute Gasteiger partial charge is 0.336 e. The van der Waals surface area contributed by atoms with Crippen LogP contribution in [-0.4, -0.2) is 55.0 Å². The van der Waals surface area contributed by atoms with Gasteiger partial charge in [-0.1, -0.05) is 19.3 Å². The van der Waals surface area contributed by atoms with Crippen LogP contribution in [0.4, 0.5) is 0 Å². The number of carbonyl (C=O) groups is 4. The summed E-state index contributed by atoms with van der Waals surface area (Å²) in [6, 6.07) is 0. The minimum Gasteiger partial charge on any atom is -0.481 e. The second-order valence-electron chi connectivity index (χ2n) is 5.15. The fourth-order valence-electron chi connectivity index (χ4n) is 2.06. The molecule has 5 N–H and O–H groups in total. The normalized spacial score (nSPS) is 15.3. The maximum Gasteiger partial charge on any atom is 0.336 e. The van der Waals surface area contributed by atoms with E-state index in [1.54, 1.807) is 0 Å². The maximum absolute atomic E-state index is 10.4. The van der Waals surface area contributed by atoms with Gasteiger partial charge in [0.2, 0.25) is 0 Å². The van der Waals surface area contributed by atoms with Gasteiger partial charge in [0.1, 0.15) is 0 Å². The summed E-state index contributed by atoms with van der Waals surface area (Å²) in [5, 5.41) is 42.3. The van der Waals surface area contributed by atoms with E-state index in [2.05, 4.69) is 0 Å². The van der Waals surface area contributed by atoms with Crippen LogP contribution in [0.3, 0.4) is 0 Å². The Kier molecular flexibility index (Phi) is 8.10. The molecule has 1 aliphatic carbocycles. The lowest BCUT2D eigenvalue weighted by atomic mass is 9.90. The predicted octanol–water partition coefficient (Wildman–Crippen LogP) is 0.403. The van der Waals surface area contributed by atoms with E-state index in [-0.39, 0.29) is 5.92 Å². The Morgan fingerprint density at radius 3 is 1.45 bits per heavy atom. The van der Waals surface area contributed by atoms with Crippen LogP contribution in [0, 0.1) is 5.92 Å². The van der Waals surface area contributed by atoms with Crippen LogP contribution in [0.5, 0.6) is 0 Å². The fourth-order valence-corrected chi connectivity index (χ4v) is 2.06. The number of carboxylic acids is 4. The second kappa shape index (κ2) is 8.98. The molecule has 0 radical (unpaired) electrons. The van der Waals surface area contributed by atoms with E-state index < -0.39 is 42.3 Å². The Morgan fingerprint density at radius 1 is 0.818 bits per heavy atom. The predicted molar refractivity (Wildman–Crippen MR) is 71.3 cm³/mol. The third-order valence-electron chi connectivity index (χ3n) is 3.24. The summed E-state index contributed by atoms with van der Waals surface area (Å²) in [6.07, 6.45) is 2.95. The molecule has 0 aliphatic heterocycles. The Labute approximate surface area is 126 Å². The van der Waals surface area contributed by atoms with Crippen molar-refractivity contribution in [3.8, 4) is 0 Å². The molecule has 0 bridgehead atoms. The molecule has 22 heavy (non-hydrogen) atoms. The van der Waals surface area contributed by atoms with Gasteiger partial charge in [0.15, 0.2) is 5.60 Å². The zero-order chi connectivity index (χ0) is 17.3. The lowest BCUT2D eigenvalue weighted by Gasteiger charge is -2.18. The van der Waals surface area contributed by atoms with Gasteiger partial charge in [-0.05, 0) is 12.8 Å². The first-order chi connectivity index (χ1) is 10.1. The van der Waals surface area contributed by atoms with Gasteiger partial charge in [0.25, 0.3) is 0 Å². The van der Waals surface area contributed by atoms with Gasteiger partial charge in [0, 0.05) is 0 Å². The van der Waals surface area contributed by atoms with E-state index in [1.165, 1.54) is 6.42 Å². The zero-order valence-corrected chi connectivity index (χ0v) is 11.9. The molecule has 9 heteroatoms. The minimum absolute atomic E-state index is 0.0289. The molecule has 0 saturated heterocycles. The van der Waals surface area contributed by atoms with Crippen LogP contribution < -0.4 is 0 Å². The summed E-state index contributed by atoms with van der Waals surface area (Å²) < 4.78 is 0. The van der Waals surface area contributed by atoms with Crippen molar-refractivity contribution in [2.24, 2.45) is 5.92 Å². The number of hydrogen-bond donors (Lipinski definition) is 5. The number of aliphatic hydroxyl groups is 1. The largest absolute Gasteiger partial charge is 0.481 e. The van der Waals surface area contributed by atoms with Crippen LogP contribution in [0.2, 0.25) is 0 Å². The highest BCUT2D eigenvalue weighted by molar-refractivity contribution is 5.88. The van der Waals surface area contributed by atoms with Crippen molar-refractivity contribution in [2.75, 3.05) is 0 Å². The molecule has 0 aromatic heterocycles. The van der Waals surface area contributed by atoms with Gasteiger partial charge in [-0.15, -0.1) is 0 Å². The number of rotatable bonds is 6. The first kappa shape index (κ1) is 19.8. The van der Waals surface area contributed by atoms with Crippen molar-refractivity contribution < 1.29 is 44.7 Å². The molecule has 0 heterocycles. The Morgan fingerprint density at radius 2 is 1.23 bits per heavy atom. The lowest BCUT2D eigenvalue weighted by molar-refractivity contribution is -0.170. The monoisotopic (exact) mass is 320 g/mol. The molecule has 126 valence electrons. The van der Waals surface area contributed by atoms with Gasteiger partial charge in [-0.3, -0.25) is 14.4 Å². The van der Waals surface area contributed by atoms with Crippen LogP contribution >= 0.6 is 0 Å². The van der Waals surface area contributed by atoms with E-state index in [4.69, 9.17) is 25.5 Å². The molecular weight excluding hydrogens is 300 g/mol. The van der Waals surface area contributed by atoms with E-state index in [1.807, 2.05) is 0 Å². The number of carboxylic acid groups (broad SMARTS) is 4. The van der Waals surface area contributed by atoms with Gasteiger partial charge < -0.3 is 25.5 Å². The molecule has 0 unspecified atom stereocenters. The topological polar surface area (TPSA) is 169 Å². The highest BCUT2D eigenvalue weighted by atomic mass is 16.4. The van der Waals surface area contributed by atoms with Crippen molar-refractivity contribution in [1.82, 2.24) is 0 Å². The molecule has 1 fully saturated rings. The summed E-state index contributed by atoms with van der Waals surface area (Å²) in [5.41, 5.74) is -2.74. The summed E-state index contributed by atoms with van der Waals surface area (Å²) >= 11 is 0. The zero-order valence-electron chi connectivity index (χ0n) is 11.9. The standard InChI is InChI=1S/C7H12O2.C6H8O7/c8-7(9)6-4-2-1-3-5-6;7-3(8)1-6(13,5(11)12)2-4(9)10/h6H,1-5H2,(H,8,9);13H,1-2H2,(H,7,8)(H,9,10)(H,11,12). The minimum atomic E-state index is -2.74. The van der Waals surface area contributed by atoms with Gasteiger partial charge in [-0.25, -0.2) is 4.79 Å². The SMILES string of the molecule is O=C(O)C1CCCCC1.O=C(O)CC(O)(CC(=O)O)C(=O)O. The molecule has 0 aromatic carbocycles. The van der Waals surface area contributed by atoms with Crippen molar-refractivity contribution in [2.45, 2.75) is 50.5 Å². The van der Waals surface area contributed by atoms with Crippen LogP contribution in [0.1, 0.15) is 44.9 Å². The van der Waals surface area contributed by atoms with Crippen LogP contribution in [0.15, 0.2) is 0 Å². The van der Waals surface area contributed by atoms with Crippen LogP contribution in [-0.2, 0) is 19.2 Å². The summed E-state index contributed by atoms with van der Waals surface area (Å²) in [4.78, 5) is 40.8. The van der Waals surface area contributed by atoms with Crippen molar-refractivity contribution in [1.29, 1.82) is 0 Å². The van der Waals surface area contributed by atoms with E-state index in [0.29, 0.717) is 0 Å². The third kappa shape index (κ3) is 7.58. The molecule has 1 saturated carbocycles. The van der Waals surface area contributed by atoms with Gasteiger partial charge in [-0.2, -0.15) is 0 Å². The molecule has 1 aliphatic rings. The summed E-state index contributed by atoms with van der Waals surface area (Å²) in [6.45, 7) is 0. The highest BCUT2D eigenvalue weighted by Crippen LogP contribution is 2.23. The van der Waals surface area contributed by atoms with E-state index in [9.17, 15) is 19.2 Å². The Hall–Kier alpha value is -2.16. The molecule has 9 nitrogen and oxygen atoms in total. The van der Waals surface area contributed by atoms with Crippen molar-refractivity contribution in [3.05, 3.63) is 0 Å². The van der Waals surface area contributed by atoms with E-state index in [0.717, 1.165) is 25.7 Å². The van der Waals surface area contributed by atoms with E-state index >= 15 is 0 Å². The van der Waals surface area contributed by atoms with Crippen molar-refractivity contribution >= 4 is 23.9 Å².